The maximum absolute atomic E-state index is 12.2. The van der Waals surface area contributed by atoms with Crippen molar-refractivity contribution < 1.29 is 14.3 Å². The predicted octanol–water partition coefficient (Wildman–Crippen LogP) is 1.47. The number of anilines is 1. The van der Waals surface area contributed by atoms with Crippen LogP contribution in [0.5, 0.6) is 0 Å². The first-order valence-corrected chi connectivity index (χ1v) is 6.63. The maximum Gasteiger partial charge on any atom is 0.350 e. The largest absolute Gasteiger partial charge is 0.465 e. The standard InChI is InChI=1S/C12H16N2O3S/c1-12(4-5-13-7-12)11(16)14-8-3-6-18-9(8)10(15)17-2/h3,6,13H,4-5,7H2,1-2H3,(H,14,16). The van der Waals surface area contributed by atoms with Crippen LogP contribution in [0.4, 0.5) is 5.69 Å². The first-order chi connectivity index (χ1) is 8.57. The van der Waals surface area contributed by atoms with Crippen molar-refractivity contribution in [1.82, 2.24) is 5.32 Å². The third kappa shape index (κ3) is 2.39. The Balaban J connectivity index is 2.12. The molecule has 0 saturated carbocycles. The van der Waals surface area contributed by atoms with Crippen LogP contribution in [-0.4, -0.2) is 32.1 Å². The number of hydrogen-bond acceptors (Lipinski definition) is 5. The molecule has 1 amide bonds. The minimum Gasteiger partial charge on any atom is -0.465 e. The summed E-state index contributed by atoms with van der Waals surface area (Å²) in [6, 6.07) is 1.72. The molecule has 1 unspecified atom stereocenters. The normalized spacial score (nSPS) is 22.8. The van der Waals surface area contributed by atoms with Crippen LogP contribution >= 0.6 is 11.3 Å². The van der Waals surface area contributed by atoms with Gasteiger partial charge in [-0.3, -0.25) is 4.79 Å². The maximum atomic E-state index is 12.2. The Labute approximate surface area is 110 Å². The number of hydrogen-bond donors (Lipinski definition) is 2. The van der Waals surface area contributed by atoms with Gasteiger partial charge in [-0.05, 0) is 31.3 Å². The van der Waals surface area contributed by atoms with E-state index >= 15 is 0 Å². The molecule has 2 N–H and O–H groups in total. The molecular formula is C12H16N2O3S. The van der Waals surface area contributed by atoms with E-state index in [0.29, 0.717) is 17.1 Å². The van der Waals surface area contributed by atoms with E-state index in [1.165, 1.54) is 18.4 Å². The van der Waals surface area contributed by atoms with Crippen LogP contribution in [-0.2, 0) is 9.53 Å². The molecule has 6 heteroatoms. The van der Waals surface area contributed by atoms with Crippen molar-refractivity contribution >= 4 is 28.9 Å². The summed E-state index contributed by atoms with van der Waals surface area (Å²) >= 11 is 1.26. The van der Waals surface area contributed by atoms with Gasteiger partial charge in [0.05, 0.1) is 18.2 Å². The lowest BCUT2D eigenvalue weighted by atomic mass is 9.89. The summed E-state index contributed by atoms with van der Waals surface area (Å²) in [7, 11) is 1.33. The highest BCUT2D eigenvalue weighted by Crippen LogP contribution is 2.29. The van der Waals surface area contributed by atoms with E-state index in [9.17, 15) is 9.59 Å². The fourth-order valence-electron chi connectivity index (χ4n) is 1.94. The van der Waals surface area contributed by atoms with E-state index in [4.69, 9.17) is 0 Å². The van der Waals surface area contributed by atoms with Crippen molar-refractivity contribution in [2.75, 3.05) is 25.5 Å². The number of nitrogens with one attached hydrogen (secondary N) is 2. The van der Waals surface area contributed by atoms with Crippen molar-refractivity contribution in [2.45, 2.75) is 13.3 Å². The number of carbonyl (C=O) groups excluding carboxylic acids is 2. The lowest BCUT2D eigenvalue weighted by molar-refractivity contribution is -0.123. The lowest BCUT2D eigenvalue weighted by Crippen LogP contribution is -2.35. The third-order valence-corrected chi connectivity index (χ3v) is 4.10. The van der Waals surface area contributed by atoms with Gasteiger partial charge < -0.3 is 15.4 Å². The van der Waals surface area contributed by atoms with Crippen molar-refractivity contribution in [3.05, 3.63) is 16.3 Å². The van der Waals surface area contributed by atoms with Gasteiger partial charge in [-0.1, -0.05) is 0 Å². The minimum atomic E-state index is -0.421. The molecule has 1 fully saturated rings. The van der Waals surface area contributed by atoms with E-state index in [-0.39, 0.29) is 5.91 Å². The summed E-state index contributed by atoms with van der Waals surface area (Å²) in [6.07, 6.45) is 0.802. The molecule has 0 aromatic carbocycles. The number of carbonyl (C=O) groups is 2. The second-order valence-electron chi connectivity index (χ2n) is 4.60. The summed E-state index contributed by atoms with van der Waals surface area (Å²) in [5.74, 6) is -0.481. The van der Waals surface area contributed by atoms with Crippen molar-refractivity contribution in [2.24, 2.45) is 5.41 Å². The van der Waals surface area contributed by atoms with Crippen molar-refractivity contribution in [1.29, 1.82) is 0 Å². The molecule has 18 heavy (non-hydrogen) atoms. The van der Waals surface area contributed by atoms with Gasteiger partial charge in [0.2, 0.25) is 5.91 Å². The zero-order chi connectivity index (χ0) is 13.2. The van der Waals surface area contributed by atoms with Crippen molar-refractivity contribution in [3.63, 3.8) is 0 Å². The SMILES string of the molecule is COC(=O)c1sccc1NC(=O)C1(C)CCNC1. The second kappa shape index (κ2) is 5.07. The molecule has 2 heterocycles. The highest BCUT2D eigenvalue weighted by atomic mass is 32.1. The molecule has 1 atom stereocenters. The Bertz CT molecular complexity index is 464. The summed E-state index contributed by atoms with van der Waals surface area (Å²) < 4.78 is 4.68. The zero-order valence-corrected chi connectivity index (χ0v) is 11.2. The van der Waals surface area contributed by atoms with Crippen LogP contribution in [0.2, 0.25) is 0 Å². The molecule has 1 saturated heterocycles. The molecule has 5 nitrogen and oxygen atoms in total. The smallest absolute Gasteiger partial charge is 0.350 e. The molecule has 0 bridgehead atoms. The van der Waals surface area contributed by atoms with Gasteiger partial charge in [-0.15, -0.1) is 11.3 Å². The number of thiophene rings is 1. The number of esters is 1. The van der Waals surface area contributed by atoms with Gasteiger partial charge >= 0.3 is 5.97 Å². The molecule has 0 aliphatic carbocycles. The Morgan fingerprint density at radius 3 is 2.94 bits per heavy atom. The molecule has 1 aliphatic rings. The Morgan fingerprint density at radius 2 is 2.33 bits per heavy atom. The van der Waals surface area contributed by atoms with E-state index in [2.05, 4.69) is 15.4 Å². The quantitative estimate of drug-likeness (QED) is 0.815. The van der Waals surface area contributed by atoms with Gasteiger partial charge in [-0.25, -0.2) is 4.79 Å². The molecule has 1 aromatic rings. The monoisotopic (exact) mass is 268 g/mol. The summed E-state index contributed by atoms with van der Waals surface area (Å²) in [5.41, 5.74) is 0.125. The van der Waals surface area contributed by atoms with Gasteiger partial charge in [0.1, 0.15) is 4.88 Å². The molecule has 0 spiro atoms. The van der Waals surface area contributed by atoms with Gasteiger partial charge in [0.15, 0.2) is 0 Å². The molecular weight excluding hydrogens is 252 g/mol. The van der Waals surface area contributed by atoms with Crippen LogP contribution in [0.3, 0.4) is 0 Å². The Hall–Kier alpha value is -1.40. The zero-order valence-electron chi connectivity index (χ0n) is 10.4. The Morgan fingerprint density at radius 1 is 1.56 bits per heavy atom. The molecule has 2 rings (SSSR count). The first kappa shape index (κ1) is 13.0. The topological polar surface area (TPSA) is 67.4 Å². The predicted molar refractivity (Wildman–Crippen MR) is 69.9 cm³/mol. The van der Waals surface area contributed by atoms with Crippen molar-refractivity contribution in [3.8, 4) is 0 Å². The van der Waals surface area contributed by atoms with E-state index < -0.39 is 11.4 Å². The first-order valence-electron chi connectivity index (χ1n) is 5.75. The molecule has 98 valence electrons. The van der Waals surface area contributed by atoms with Crippen LogP contribution in [0.15, 0.2) is 11.4 Å². The second-order valence-corrected chi connectivity index (χ2v) is 5.51. The Kier molecular flexibility index (Phi) is 3.68. The average molecular weight is 268 g/mol. The highest BCUT2D eigenvalue weighted by Gasteiger charge is 2.36. The summed E-state index contributed by atoms with van der Waals surface area (Å²) in [6.45, 7) is 3.43. The number of amides is 1. The van der Waals surface area contributed by atoms with E-state index in [1.54, 1.807) is 11.4 Å². The number of methoxy groups -OCH3 is 1. The molecule has 1 aromatic heterocycles. The number of ether oxygens (including phenoxy) is 1. The van der Waals surface area contributed by atoms with Crippen LogP contribution in [0.25, 0.3) is 0 Å². The lowest BCUT2D eigenvalue weighted by Gasteiger charge is -2.21. The van der Waals surface area contributed by atoms with Gasteiger partial charge in [-0.2, -0.15) is 0 Å². The van der Waals surface area contributed by atoms with Gasteiger partial charge in [0.25, 0.3) is 0 Å². The fourth-order valence-corrected chi connectivity index (χ4v) is 2.71. The molecule has 0 radical (unpaired) electrons. The summed E-state index contributed by atoms with van der Waals surface area (Å²) in [5, 5.41) is 7.75. The number of rotatable bonds is 3. The van der Waals surface area contributed by atoms with Crippen LogP contribution in [0, 0.1) is 5.41 Å². The highest BCUT2D eigenvalue weighted by molar-refractivity contribution is 7.12. The average Bonchev–Trinajstić information content (AvgIpc) is 2.98. The van der Waals surface area contributed by atoms with Gasteiger partial charge in [0, 0.05) is 6.54 Å². The minimum absolute atomic E-state index is 0.0592. The molecule has 1 aliphatic heterocycles. The van der Waals surface area contributed by atoms with E-state index in [1.807, 2.05) is 6.92 Å². The van der Waals surface area contributed by atoms with Crippen LogP contribution < -0.4 is 10.6 Å². The summed E-state index contributed by atoms with van der Waals surface area (Å²) in [4.78, 5) is 24.1. The van der Waals surface area contributed by atoms with E-state index in [0.717, 1.165) is 13.0 Å². The fraction of sp³-hybridized carbons (Fsp3) is 0.500. The van der Waals surface area contributed by atoms with Crippen LogP contribution in [0.1, 0.15) is 23.0 Å². The third-order valence-electron chi connectivity index (χ3n) is 3.20.